The molecule has 1 saturated carbocycles. The summed E-state index contributed by atoms with van der Waals surface area (Å²) in [6.45, 7) is -2.81. The molecule has 0 spiro atoms. The van der Waals surface area contributed by atoms with Crippen LogP contribution in [0.15, 0.2) is 24.3 Å². The second-order valence-corrected chi connectivity index (χ2v) is 3.86. The number of carbonyl (C=O) groups is 1. The van der Waals surface area contributed by atoms with Gasteiger partial charge in [-0.25, -0.2) is 0 Å². The van der Waals surface area contributed by atoms with Crippen molar-refractivity contribution in [1.82, 2.24) is 0 Å². The van der Waals surface area contributed by atoms with Crippen LogP contribution in [0.5, 0.6) is 5.75 Å². The zero-order valence-corrected chi connectivity index (χ0v) is 8.66. The zero-order chi connectivity index (χ0) is 11.5. The monoisotopic (exact) mass is 226 g/mol. The lowest BCUT2D eigenvalue weighted by Gasteiger charge is -2.09. The minimum absolute atomic E-state index is 0.0550. The third-order valence-electron chi connectivity index (χ3n) is 2.81. The molecule has 0 bridgehead atoms. The molecular formula is C12H12F2O2. The van der Waals surface area contributed by atoms with Crippen molar-refractivity contribution in [1.29, 1.82) is 0 Å². The number of rotatable bonds is 3. The molecule has 1 fully saturated rings. The van der Waals surface area contributed by atoms with Gasteiger partial charge in [0.15, 0.2) is 0 Å². The van der Waals surface area contributed by atoms with Gasteiger partial charge in [0.2, 0.25) is 0 Å². The van der Waals surface area contributed by atoms with E-state index in [-0.39, 0.29) is 17.5 Å². The fourth-order valence-electron chi connectivity index (χ4n) is 2.05. The Bertz CT molecular complexity index is 373. The van der Waals surface area contributed by atoms with Gasteiger partial charge >= 0.3 is 6.61 Å². The first-order chi connectivity index (χ1) is 7.66. The summed E-state index contributed by atoms with van der Waals surface area (Å²) in [5.41, 5.74) is 0.893. The minimum atomic E-state index is -2.81. The molecule has 2 nitrogen and oxygen atoms in total. The summed E-state index contributed by atoms with van der Waals surface area (Å²) >= 11 is 0. The van der Waals surface area contributed by atoms with Gasteiger partial charge in [-0.2, -0.15) is 8.78 Å². The molecule has 0 radical (unpaired) electrons. The molecule has 4 heteroatoms. The van der Waals surface area contributed by atoms with E-state index in [9.17, 15) is 13.6 Å². The van der Waals surface area contributed by atoms with Gasteiger partial charge in [-0.05, 0) is 30.5 Å². The van der Waals surface area contributed by atoms with Crippen molar-refractivity contribution in [3.8, 4) is 5.75 Å². The lowest BCUT2D eigenvalue weighted by atomic mass is 9.97. The molecule has 1 atom stereocenters. The van der Waals surface area contributed by atoms with E-state index in [4.69, 9.17) is 0 Å². The van der Waals surface area contributed by atoms with Gasteiger partial charge < -0.3 is 4.74 Å². The summed E-state index contributed by atoms with van der Waals surface area (Å²) < 4.78 is 28.1. The quantitative estimate of drug-likeness (QED) is 0.791. The van der Waals surface area contributed by atoms with E-state index >= 15 is 0 Å². The fourth-order valence-corrected chi connectivity index (χ4v) is 2.05. The maximum absolute atomic E-state index is 11.9. The van der Waals surface area contributed by atoms with Gasteiger partial charge in [-0.1, -0.05) is 12.1 Å². The van der Waals surface area contributed by atoms with Crippen LogP contribution in [0.25, 0.3) is 0 Å². The number of benzene rings is 1. The number of ether oxygens (including phenoxy) is 1. The van der Waals surface area contributed by atoms with Crippen LogP contribution < -0.4 is 4.74 Å². The molecular weight excluding hydrogens is 214 g/mol. The topological polar surface area (TPSA) is 26.3 Å². The second-order valence-electron chi connectivity index (χ2n) is 3.86. The Kier molecular flexibility index (Phi) is 3.17. The first kappa shape index (κ1) is 11.0. The maximum Gasteiger partial charge on any atom is 0.387 e. The summed E-state index contributed by atoms with van der Waals surface area (Å²) in [6.07, 6.45) is 2.40. The predicted octanol–water partition coefficient (Wildman–Crippen LogP) is 3.12. The SMILES string of the molecule is O=C1CCCC1c1ccc(OC(F)F)cc1. The van der Waals surface area contributed by atoms with Gasteiger partial charge in [0.25, 0.3) is 0 Å². The number of ketones is 1. The van der Waals surface area contributed by atoms with Crippen molar-refractivity contribution >= 4 is 5.78 Å². The largest absolute Gasteiger partial charge is 0.435 e. The Morgan fingerprint density at radius 1 is 1.25 bits per heavy atom. The molecule has 0 saturated heterocycles. The van der Waals surface area contributed by atoms with E-state index in [0.29, 0.717) is 6.42 Å². The van der Waals surface area contributed by atoms with Crippen LogP contribution in [0.2, 0.25) is 0 Å². The summed E-state index contributed by atoms with van der Waals surface area (Å²) in [4.78, 5) is 11.5. The molecule has 2 rings (SSSR count). The number of alkyl halides is 2. The van der Waals surface area contributed by atoms with Crippen molar-refractivity contribution in [2.75, 3.05) is 0 Å². The Balaban J connectivity index is 2.09. The summed E-state index contributed by atoms with van der Waals surface area (Å²) in [5, 5.41) is 0. The van der Waals surface area contributed by atoms with Crippen LogP contribution in [0.1, 0.15) is 30.7 Å². The van der Waals surface area contributed by atoms with E-state index in [1.807, 2.05) is 0 Å². The molecule has 86 valence electrons. The highest BCUT2D eigenvalue weighted by Crippen LogP contribution is 2.32. The number of halogens is 2. The van der Waals surface area contributed by atoms with Crippen LogP contribution in [0.4, 0.5) is 8.78 Å². The number of Topliss-reactive ketones (excluding diaryl/α,β-unsaturated/α-hetero) is 1. The maximum atomic E-state index is 11.9. The van der Waals surface area contributed by atoms with E-state index in [1.54, 1.807) is 12.1 Å². The van der Waals surface area contributed by atoms with Crippen LogP contribution in [-0.2, 0) is 4.79 Å². The molecule has 16 heavy (non-hydrogen) atoms. The molecule has 0 aliphatic heterocycles. The van der Waals surface area contributed by atoms with Crippen molar-refractivity contribution in [2.24, 2.45) is 0 Å². The number of hydrogen-bond donors (Lipinski definition) is 0. The normalized spacial score (nSPS) is 20.4. The van der Waals surface area contributed by atoms with Crippen LogP contribution >= 0.6 is 0 Å². The lowest BCUT2D eigenvalue weighted by Crippen LogP contribution is -2.05. The number of carbonyl (C=O) groups excluding carboxylic acids is 1. The van der Waals surface area contributed by atoms with E-state index in [0.717, 1.165) is 18.4 Å². The van der Waals surface area contributed by atoms with Gasteiger partial charge in [0, 0.05) is 12.3 Å². The Hall–Kier alpha value is -1.45. The smallest absolute Gasteiger partial charge is 0.387 e. The molecule has 1 unspecified atom stereocenters. The average molecular weight is 226 g/mol. The Morgan fingerprint density at radius 2 is 1.94 bits per heavy atom. The first-order valence-corrected chi connectivity index (χ1v) is 5.24. The van der Waals surface area contributed by atoms with Crippen molar-refractivity contribution < 1.29 is 18.3 Å². The third kappa shape index (κ3) is 2.38. The first-order valence-electron chi connectivity index (χ1n) is 5.24. The molecule has 0 heterocycles. The van der Waals surface area contributed by atoms with Gasteiger partial charge in [0.05, 0.1) is 0 Å². The highest BCUT2D eigenvalue weighted by Gasteiger charge is 2.25. The fraction of sp³-hybridized carbons (Fsp3) is 0.417. The van der Waals surface area contributed by atoms with E-state index in [1.165, 1.54) is 12.1 Å². The Labute approximate surface area is 92.2 Å². The molecule has 1 aliphatic carbocycles. The van der Waals surface area contributed by atoms with Crippen LogP contribution in [0.3, 0.4) is 0 Å². The zero-order valence-electron chi connectivity index (χ0n) is 8.66. The van der Waals surface area contributed by atoms with Crippen LogP contribution in [0, 0.1) is 0 Å². The van der Waals surface area contributed by atoms with E-state index < -0.39 is 6.61 Å². The molecule has 1 aromatic carbocycles. The summed E-state index contributed by atoms with van der Waals surface area (Å²) in [6, 6.07) is 6.33. The molecule has 0 aromatic heterocycles. The minimum Gasteiger partial charge on any atom is -0.435 e. The molecule has 1 aromatic rings. The predicted molar refractivity (Wildman–Crippen MR) is 54.7 cm³/mol. The lowest BCUT2D eigenvalue weighted by molar-refractivity contribution is -0.118. The third-order valence-corrected chi connectivity index (χ3v) is 2.81. The standard InChI is InChI=1S/C12H12F2O2/c13-12(14)16-9-6-4-8(5-7-9)10-2-1-3-11(10)15/h4-7,10,12H,1-3H2. The van der Waals surface area contributed by atoms with Crippen LogP contribution in [-0.4, -0.2) is 12.4 Å². The Morgan fingerprint density at radius 3 is 2.44 bits per heavy atom. The molecule has 0 amide bonds. The summed E-state index contributed by atoms with van der Waals surface area (Å²) in [5.74, 6) is 0.312. The van der Waals surface area contributed by atoms with E-state index in [2.05, 4.69) is 4.74 Å². The van der Waals surface area contributed by atoms with Crippen molar-refractivity contribution in [3.05, 3.63) is 29.8 Å². The highest BCUT2D eigenvalue weighted by atomic mass is 19.3. The highest BCUT2D eigenvalue weighted by molar-refractivity contribution is 5.87. The van der Waals surface area contributed by atoms with Crippen molar-refractivity contribution in [2.45, 2.75) is 31.8 Å². The van der Waals surface area contributed by atoms with Gasteiger partial charge in [-0.3, -0.25) is 4.79 Å². The van der Waals surface area contributed by atoms with Crippen molar-refractivity contribution in [3.63, 3.8) is 0 Å². The second kappa shape index (κ2) is 4.60. The van der Waals surface area contributed by atoms with Gasteiger partial charge in [-0.15, -0.1) is 0 Å². The molecule has 1 aliphatic rings. The van der Waals surface area contributed by atoms with Gasteiger partial charge in [0.1, 0.15) is 11.5 Å². The molecule has 0 N–H and O–H groups in total. The summed E-state index contributed by atoms with van der Waals surface area (Å²) in [7, 11) is 0. The number of hydrogen-bond acceptors (Lipinski definition) is 2. The average Bonchev–Trinajstić information content (AvgIpc) is 2.65.